The van der Waals surface area contributed by atoms with Gasteiger partial charge in [0.05, 0.1) is 11.8 Å². The summed E-state index contributed by atoms with van der Waals surface area (Å²) >= 11 is 0. The Morgan fingerprint density at radius 3 is 2.69 bits per heavy atom. The first-order valence-corrected chi connectivity index (χ1v) is 9.07. The quantitative estimate of drug-likeness (QED) is 0.832. The zero-order valence-corrected chi connectivity index (χ0v) is 14.5. The molecular weight excluding hydrogens is 332 g/mol. The zero-order chi connectivity index (χ0) is 17.9. The van der Waals surface area contributed by atoms with Crippen molar-refractivity contribution in [2.24, 2.45) is 5.92 Å². The van der Waals surface area contributed by atoms with E-state index in [1.807, 2.05) is 30.3 Å². The van der Waals surface area contributed by atoms with Gasteiger partial charge in [-0.3, -0.25) is 9.59 Å². The van der Waals surface area contributed by atoms with Crippen LogP contribution in [-0.2, 0) is 9.53 Å². The number of benzene rings is 1. The first-order valence-electron chi connectivity index (χ1n) is 9.07. The van der Waals surface area contributed by atoms with Gasteiger partial charge < -0.3 is 15.4 Å². The maximum absolute atomic E-state index is 12.5. The molecule has 136 valence electrons. The second-order valence-corrected chi connectivity index (χ2v) is 6.77. The van der Waals surface area contributed by atoms with E-state index in [0.717, 1.165) is 38.0 Å². The molecule has 1 aliphatic carbocycles. The third-order valence-corrected chi connectivity index (χ3v) is 4.66. The van der Waals surface area contributed by atoms with Crippen LogP contribution in [-0.4, -0.2) is 40.9 Å². The van der Waals surface area contributed by atoms with Crippen LogP contribution in [0, 0.1) is 5.92 Å². The summed E-state index contributed by atoms with van der Waals surface area (Å²) in [5, 5.41) is 10.2. The molecule has 1 aromatic heterocycles. The molecule has 1 aromatic carbocycles. The maximum Gasteiger partial charge on any atom is 0.271 e. The smallest absolute Gasteiger partial charge is 0.271 e. The third kappa shape index (κ3) is 3.77. The highest BCUT2D eigenvalue weighted by atomic mass is 16.5. The zero-order valence-electron chi connectivity index (χ0n) is 14.5. The SMILES string of the molecule is O=C(NCC1CCCO1)c1cc(NC(=O)C2CC2)n(-c2ccccc2)n1. The molecule has 7 heteroatoms. The van der Waals surface area contributed by atoms with Crippen molar-refractivity contribution in [3.63, 3.8) is 0 Å². The van der Waals surface area contributed by atoms with Gasteiger partial charge in [0.15, 0.2) is 5.69 Å². The van der Waals surface area contributed by atoms with Crippen molar-refractivity contribution < 1.29 is 14.3 Å². The molecule has 2 aromatic rings. The molecule has 1 saturated carbocycles. The monoisotopic (exact) mass is 354 g/mol. The van der Waals surface area contributed by atoms with Crippen LogP contribution in [0.2, 0.25) is 0 Å². The molecule has 26 heavy (non-hydrogen) atoms. The highest BCUT2D eigenvalue weighted by Gasteiger charge is 2.30. The Morgan fingerprint density at radius 1 is 1.19 bits per heavy atom. The van der Waals surface area contributed by atoms with Crippen molar-refractivity contribution >= 4 is 17.6 Å². The molecule has 2 amide bonds. The minimum atomic E-state index is -0.267. The number of carbonyl (C=O) groups excluding carboxylic acids is 2. The molecule has 0 radical (unpaired) electrons. The van der Waals surface area contributed by atoms with Crippen LogP contribution in [0.3, 0.4) is 0 Å². The molecule has 2 fully saturated rings. The number of rotatable bonds is 6. The fraction of sp³-hybridized carbons (Fsp3) is 0.421. The number of para-hydroxylation sites is 1. The molecule has 1 atom stereocenters. The predicted octanol–water partition coefficient (Wildman–Crippen LogP) is 2.13. The molecule has 1 unspecified atom stereocenters. The summed E-state index contributed by atoms with van der Waals surface area (Å²) in [5.74, 6) is 0.298. The minimum absolute atomic E-state index is 0.0200. The number of nitrogens with one attached hydrogen (secondary N) is 2. The van der Waals surface area contributed by atoms with Crippen LogP contribution in [0.1, 0.15) is 36.2 Å². The van der Waals surface area contributed by atoms with Gasteiger partial charge in [0.2, 0.25) is 5.91 Å². The van der Waals surface area contributed by atoms with Gasteiger partial charge in [-0.15, -0.1) is 0 Å². The molecule has 2 heterocycles. The van der Waals surface area contributed by atoms with Gasteiger partial charge in [0, 0.05) is 25.1 Å². The average molecular weight is 354 g/mol. The lowest BCUT2D eigenvalue weighted by Crippen LogP contribution is -2.32. The number of aromatic nitrogens is 2. The van der Waals surface area contributed by atoms with Crippen LogP contribution in [0.4, 0.5) is 5.82 Å². The summed E-state index contributed by atoms with van der Waals surface area (Å²) < 4.78 is 7.12. The van der Waals surface area contributed by atoms with E-state index < -0.39 is 0 Å². The van der Waals surface area contributed by atoms with E-state index >= 15 is 0 Å². The normalized spacial score (nSPS) is 19.3. The van der Waals surface area contributed by atoms with Crippen molar-refractivity contribution in [3.05, 3.63) is 42.1 Å². The topological polar surface area (TPSA) is 85.3 Å². The Balaban J connectivity index is 1.53. The predicted molar refractivity (Wildman–Crippen MR) is 96.2 cm³/mol. The number of ether oxygens (including phenoxy) is 1. The number of carbonyl (C=O) groups is 2. The molecule has 7 nitrogen and oxygen atoms in total. The van der Waals surface area contributed by atoms with Crippen LogP contribution >= 0.6 is 0 Å². The highest BCUT2D eigenvalue weighted by molar-refractivity contribution is 5.97. The Morgan fingerprint density at radius 2 is 2.00 bits per heavy atom. The van der Waals surface area contributed by atoms with E-state index in [2.05, 4.69) is 15.7 Å². The summed E-state index contributed by atoms with van der Waals surface area (Å²) in [6, 6.07) is 11.1. The van der Waals surface area contributed by atoms with Gasteiger partial charge in [0.25, 0.3) is 5.91 Å². The van der Waals surface area contributed by atoms with Gasteiger partial charge in [-0.2, -0.15) is 5.10 Å². The van der Waals surface area contributed by atoms with E-state index in [0.29, 0.717) is 12.4 Å². The fourth-order valence-corrected chi connectivity index (χ4v) is 3.02. The van der Waals surface area contributed by atoms with E-state index in [9.17, 15) is 9.59 Å². The molecule has 4 rings (SSSR count). The highest BCUT2D eigenvalue weighted by Crippen LogP contribution is 2.30. The van der Waals surface area contributed by atoms with Gasteiger partial charge in [-0.1, -0.05) is 18.2 Å². The van der Waals surface area contributed by atoms with Crippen molar-refractivity contribution in [2.75, 3.05) is 18.5 Å². The molecule has 2 aliphatic rings. The minimum Gasteiger partial charge on any atom is -0.376 e. The Kier molecular flexibility index (Phi) is 4.71. The van der Waals surface area contributed by atoms with Gasteiger partial charge in [0.1, 0.15) is 5.82 Å². The largest absolute Gasteiger partial charge is 0.376 e. The molecule has 1 saturated heterocycles. The van der Waals surface area contributed by atoms with Crippen molar-refractivity contribution in [1.29, 1.82) is 0 Å². The van der Waals surface area contributed by atoms with Crippen molar-refractivity contribution in [2.45, 2.75) is 31.8 Å². The van der Waals surface area contributed by atoms with Crippen molar-refractivity contribution in [1.82, 2.24) is 15.1 Å². The Labute approximate surface area is 151 Å². The van der Waals surface area contributed by atoms with Crippen LogP contribution in [0.5, 0.6) is 0 Å². The first kappa shape index (κ1) is 16.8. The molecule has 0 spiro atoms. The number of hydrogen-bond acceptors (Lipinski definition) is 4. The Hall–Kier alpha value is -2.67. The van der Waals surface area contributed by atoms with Crippen molar-refractivity contribution in [3.8, 4) is 5.69 Å². The molecule has 1 aliphatic heterocycles. The third-order valence-electron chi connectivity index (χ3n) is 4.66. The lowest BCUT2D eigenvalue weighted by Gasteiger charge is -2.09. The lowest BCUT2D eigenvalue weighted by molar-refractivity contribution is -0.117. The molecule has 0 bridgehead atoms. The van der Waals surface area contributed by atoms with Crippen LogP contribution in [0.25, 0.3) is 5.69 Å². The number of hydrogen-bond donors (Lipinski definition) is 2. The Bertz CT molecular complexity index is 792. The lowest BCUT2D eigenvalue weighted by atomic mass is 10.2. The number of nitrogens with zero attached hydrogens (tertiary/aromatic N) is 2. The van der Waals surface area contributed by atoms with Gasteiger partial charge >= 0.3 is 0 Å². The van der Waals surface area contributed by atoms with Gasteiger partial charge in [-0.05, 0) is 37.8 Å². The second-order valence-electron chi connectivity index (χ2n) is 6.77. The fourth-order valence-electron chi connectivity index (χ4n) is 3.02. The second kappa shape index (κ2) is 7.29. The average Bonchev–Trinajstić information content (AvgIpc) is 3.23. The van der Waals surface area contributed by atoms with E-state index in [-0.39, 0.29) is 29.5 Å². The summed E-state index contributed by atoms with van der Waals surface area (Å²) in [5.41, 5.74) is 1.06. The number of amides is 2. The van der Waals surface area contributed by atoms with Gasteiger partial charge in [-0.25, -0.2) is 4.68 Å². The van der Waals surface area contributed by atoms with E-state index in [1.165, 1.54) is 0 Å². The number of anilines is 1. The van der Waals surface area contributed by atoms with E-state index in [4.69, 9.17) is 4.74 Å². The van der Waals surface area contributed by atoms with Crippen LogP contribution < -0.4 is 10.6 Å². The molecule has 2 N–H and O–H groups in total. The summed E-state index contributed by atoms with van der Waals surface area (Å²) in [6.07, 6.45) is 3.89. The summed E-state index contributed by atoms with van der Waals surface area (Å²) in [7, 11) is 0. The molecular formula is C19H22N4O3. The van der Waals surface area contributed by atoms with E-state index in [1.54, 1.807) is 10.7 Å². The summed E-state index contributed by atoms with van der Waals surface area (Å²) in [4.78, 5) is 24.6. The summed E-state index contributed by atoms with van der Waals surface area (Å²) in [6.45, 7) is 1.22. The standard InChI is InChI=1S/C19H22N4O3/c24-18(13-8-9-13)21-17-11-16(19(25)20-12-15-7-4-10-26-15)22-23(17)14-5-2-1-3-6-14/h1-3,5-6,11,13,15H,4,7-10,12H2,(H,20,25)(H,21,24). The first-order chi connectivity index (χ1) is 12.7. The van der Waals surface area contributed by atoms with Crippen LogP contribution in [0.15, 0.2) is 36.4 Å². The maximum atomic E-state index is 12.5.